The van der Waals surface area contributed by atoms with E-state index < -0.39 is 11.7 Å². The topological polar surface area (TPSA) is 63.0 Å². The van der Waals surface area contributed by atoms with Gasteiger partial charge >= 0.3 is 6.09 Å². The molecule has 0 aromatic carbocycles. The van der Waals surface area contributed by atoms with Crippen LogP contribution < -0.4 is 5.32 Å². The third-order valence-corrected chi connectivity index (χ3v) is 1.82. The van der Waals surface area contributed by atoms with Gasteiger partial charge in [0.15, 0.2) is 0 Å². The molecule has 83 valence electrons. The zero-order chi connectivity index (χ0) is 11.6. The Hall–Kier alpha value is -1.39. The second-order valence-electron chi connectivity index (χ2n) is 4.39. The van der Waals surface area contributed by atoms with Gasteiger partial charge in [-0.2, -0.15) is 10.2 Å². The van der Waals surface area contributed by atoms with Gasteiger partial charge in [0.1, 0.15) is 5.60 Å². The lowest BCUT2D eigenvalue weighted by Gasteiger charge is -2.20. The average molecular weight is 210 g/mol. The Balaban J connectivity index is 2.51. The van der Waals surface area contributed by atoms with Crippen molar-refractivity contribution in [3.05, 3.63) is 17.4 Å². The molecule has 0 unspecified atom stereocenters. The Kier molecular flexibility index (Phi) is 3.12. The van der Waals surface area contributed by atoms with Gasteiger partial charge in [-0.3, -0.25) is 5.32 Å². The molecule has 1 radical (unpaired) electrons. The molecule has 0 spiro atoms. The highest BCUT2D eigenvalue weighted by atomic mass is 16.6. The summed E-state index contributed by atoms with van der Waals surface area (Å²) in [7, 11) is 0. The molecule has 1 heterocycles. The van der Waals surface area contributed by atoms with Gasteiger partial charge in [-0.1, -0.05) is 0 Å². The van der Waals surface area contributed by atoms with Gasteiger partial charge in [0.25, 0.3) is 0 Å². The lowest BCUT2D eigenvalue weighted by atomic mass is 10.2. The van der Waals surface area contributed by atoms with Crippen LogP contribution in [0.4, 0.5) is 4.79 Å². The number of carbonyl (C=O) groups is 1. The second-order valence-corrected chi connectivity index (χ2v) is 4.39. The molecule has 0 fully saturated rings. The molecule has 1 aliphatic heterocycles. The smallest absolute Gasteiger partial charge is 0.409 e. The van der Waals surface area contributed by atoms with E-state index in [9.17, 15) is 4.79 Å². The predicted octanol–water partition coefficient (Wildman–Crippen LogP) is 2.76. The Morgan fingerprint density at radius 3 is 2.27 bits per heavy atom. The van der Waals surface area contributed by atoms with Gasteiger partial charge in [-0.05, 0) is 34.6 Å². The first kappa shape index (κ1) is 11.7. The molecule has 5 heteroatoms. The number of carbonyl (C=O) groups excluding carboxylic acids is 1. The number of nitrogens with one attached hydrogen (secondary N) is 1. The van der Waals surface area contributed by atoms with Crippen LogP contribution in [0.5, 0.6) is 0 Å². The highest BCUT2D eigenvalue weighted by Gasteiger charge is 2.24. The minimum absolute atomic E-state index is 0.460. The van der Waals surface area contributed by atoms with Crippen molar-refractivity contribution in [1.82, 2.24) is 5.32 Å². The molecule has 0 aromatic heterocycles. The fourth-order valence-corrected chi connectivity index (χ4v) is 0.965. The molecule has 0 saturated carbocycles. The lowest BCUT2D eigenvalue weighted by molar-refractivity contribution is 0.0534. The molecule has 1 N–H and O–H groups in total. The summed E-state index contributed by atoms with van der Waals surface area (Å²) >= 11 is 0. The van der Waals surface area contributed by atoms with E-state index in [0.29, 0.717) is 6.17 Å². The first-order valence-electron chi connectivity index (χ1n) is 4.76. The molecular weight excluding hydrogens is 194 g/mol. The van der Waals surface area contributed by atoms with E-state index in [1.54, 1.807) is 20.8 Å². The second kappa shape index (κ2) is 4.00. The normalized spacial score (nSPS) is 17.1. The van der Waals surface area contributed by atoms with Crippen molar-refractivity contribution in [2.45, 2.75) is 40.2 Å². The van der Waals surface area contributed by atoms with Crippen LogP contribution >= 0.6 is 0 Å². The van der Waals surface area contributed by atoms with Gasteiger partial charge in [0.05, 0.1) is 5.70 Å². The van der Waals surface area contributed by atoms with Crippen LogP contribution in [0.15, 0.2) is 21.5 Å². The molecule has 1 rings (SSSR count). The highest BCUT2D eigenvalue weighted by Crippen LogP contribution is 2.24. The monoisotopic (exact) mass is 210 g/mol. The number of ether oxygens (including phenoxy) is 1. The number of hydrogen-bond donors (Lipinski definition) is 1. The minimum atomic E-state index is -0.509. The summed E-state index contributed by atoms with van der Waals surface area (Å²) in [6.07, 6.45) is -0.0488. The van der Waals surface area contributed by atoms with Crippen molar-refractivity contribution in [1.29, 1.82) is 0 Å². The number of alkyl carbamates (subject to hydrolysis) is 1. The van der Waals surface area contributed by atoms with Crippen LogP contribution in [-0.2, 0) is 4.74 Å². The van der Waals surface area contributed by atoms with Gasteiger partial charge in [0.2, 0.25) is 6.17 Å². The van der Waals surface area contributed by atoms with E-state index >= 15 is 0 Å². The zero-order valence-electron chi connectivity index (χ0n) is 9.71. The van der Waals surface area contributed by atoms with Gasteiger partial charge in [0, 0.05) is 5.57 Å². The molecule has 0 atom stereocenters. The number of nitrogens with zero attached hydrogens (tertiary/aromatic N) is 2. The Morgan fingerprint density at radius 1 is 1.27 bits per heavy atom. The summed E-state index contributed by atoms with van der Waals surface area (Å²) in [5, 5.41) is 10.2. The van der Waals surface area contributed by atoms with E-state index in [1.165, 1.54) is 0 Å². The molecule has 15 heavy (non-hydrogen) atoms. The van der Waals surface area contributed by atoms with Crippen LogP contribution in [-0.4, -0.2) is 11.7 Å². The molecule has 0 aliphatic carbocycles. The maximum atomic E-state index is 11.4. The van der Waals surface area contributed by atoms with Crippen LogP contribution in [0.2, 0.25) is 0 Å². The van der Waals surface area contributed by atoms with Crippen molar-refractivity contribution in [2.75, 3.05) is 0 Å². The van der Waals surface area contributed by atoms with E-state index in [0.717, 1.165) is 11.3 Å². The zero-order valence-corrected chi connectivity index (χ0v) is 9.71. The van der Waals surface area contributed by atoms with Crippen LogP contribution in [0.3, 0.4) is 0 Å². The Bertz CT molecular complexity index is 326. The summed E-state index contributed by atoms with van der Waals surface area (Å²) in [5.74, 6) is 0. The third-order valence-electron chi connectivity index (χ3n) is 1.82. The van der Waals surface area contributed by atoms with E-state index in [1.807, 2.05) is 13.8 Å². The number of rotatable bonds is 1. The standard InChI is InChI=1S/C10H16N3O2/c1-6-7(2)12-13-8(6)11-9(14)15-10(3,4)5/h1-5H3,(H,11,14). The van der Waals surface area contributed by atoms with Crippen molar-refractivity contribution < 1.29 is 9.53 Å². The summed E-state index contributed by atoms with van der Waals surface area (Å²) in [4.78, 5) is 11.4. The Labute approximate surface area is 89.6 Å². The van der Waals surface area contributed by atoms with Crippen LogP contribution in [0, 0.1) is 6.17 Å². The molecular formula is C10H16N3O2. The maximum absolute atomic E-state index is 11.4. The van der Waals surface area contributed by atoms with Crippen molar-refractivity contribution in [3.8, 4) is 0 Å². The molecule has 0 saturated heterocycles. The van der Waals surface area contributed by atoms with E-state index in [4.69, 9.17) is 4.74 Å². The lowest BCUT2D eigenvalue weighted by Crippen LogP contribution is -2.34. The number of amides is 1. The number of allylic oxidation sites excluding steroid dienone is 1. The Morgan fingerprint density at radius 2 is 1.87 bits per heavy atom. The quantitative estimate of drug-likeness (QED) is 0.723. The van der Waals surface area contributed by atoms with E-state index in [-0.39, 0.29) is 0 Å². The molecule has 1 amide bonds. The number of azo groups is 1. The largest absolute Gasteiger partial charge is 0.444 e. The minimum Gasteiger partial charge on any atom is -0.444 e. The highest BCUT2D eigenvalue weighted by molar-refractivity contribution is 5.70. The van der Waals surface area contributed by atoms with Crippen LogP contribution in [0.1, 0.15) is 34.6 Å². The summed E-state index contributed by atoms with van der Waals surface area (Å²) in [6, 6.07) is 0. The molecule has 0 aromatic rings. The van der Waals surface area contributed by atoms with Crippen molar-refractivity contribution in [3.63, 3.8) is 0 Å². The first-order chi connectivity index (χ1) is 6.79. The van der Waals surface area contributed by atoms with Gasteiger partial charge < -0.3 is 4.74 Å². The number of hydrogen-bond acceptors (Lipinski definition) is 4. The molecule has 5 nitrogen and oxygen atoms in total. The van der Waals surface area contributed by atoms with Crippen molar-refractivity contribution in [2.24, 2.45) is 10.2 Å². The van der Waals surface area contributed by atoms with E-state index in [2.05, 4.69) is 15.5 Å². The third kappa shape index (κ3) is 3.34. The van der Waals surface area contributed by atoms with Crippen LogP contribution in [0.25, 0.3) is 0 Å². The SMILES string of the molecule is CC1=C(C)[C](NC(=O)OC(C)(C)C)N=N1. The molecule has 0 bridgehead atoms. The summed E-state index contributed by atoms with van der Waals surface area (Å²) in [6.45, 7) is 9.11. The van der Waals surface area contributed by atoms with Gasteiger partial charge in [-0.15, -0.1) is 0 Å². The first-order valence-corrected chi connectivity index (χ1v) is 4.76. The summed E-state index contributed by atoms with van der Waals surface area (Å²) < 4.78 is 5.09. The van der Waals surface area contributed by atoms with Crippen molar-refractivity contribution >= 4 is 6.09 Å². The average Bonchev–Trinajstić information content (AvgIpc) is 2.32. The maximum Gasteiger partial charge on any atom is 0.409 e. The fourth-order valence-electron chi connectivity index (χ4n) is 0.965. The van der Waals surface area contributed by atoms with Gasteiger partial charge in [-0.25, -0.2) is 4.79 Å². The molecule has 1 aliphatic rings. The predicted molar refractivity (Wildman–Crippen MR) is 55.8 cm³/mol. The summed E-state index contributed by atoms with van der Waals surface area (Å²) in [5.41, 5.74) is 1.16. The fraction of sp³-hybridized carbons (Fsp3) is 0.600.